The van der Waals surface area contributed by atoms with Crippen molar-refractivity contribution in [2.24, 2.45) is 5.73 Å². The molecule has 1 aromatic rings. The maximum absolute atomic E-state index is 11.9. The van der Waals surface area contributed by atoms with E-state index in [9.17, 15) is 4.79 Å². The topological polar surface area (TPSA) is 85.8 Å². The van der Waals surface area contributed by atoms with Crippen LogP contribution in [0, 0.1) is 0 Å². The first-order chi connectivity index (χ1) is 8.78. The molecule has 100 valence electrons. The summed E-state index contributed by atoms with van der Waals surface area (Å²) in [6.45, 7) is 0.577. The van der Waals surface area contributed by atoms with Gasteiger partial charge in [0.25, 0.3) is 0 Å². The molecule has 0 bridgehead atoms. The molecule has 0 spiro atoms. The first-order valence-electron chi connectivity index (χ1n) is 6.66. The molecule has 0 aliphatic heterocycles. The van der Waals surface area contributed by atoms with E-state index in [1.807, 2.05) is 0 Å². The lowest BCUT2D eigenvalue weighted by Gasteiger charge is -2.15. The average molecular weight is 251 g/mol. The van der Waals surface area contributed by atoms with Crippen molar-refractivity contribution in [3.8, 4) is 0 Å². The van der Waals surface area contributed by atoms with Gasteiger partial charge in [-0.3, -0.25) is 4.79 Å². The third-order valence-electron chi connectivity index (χ3n) is 3.32. The Bertz CT molecular complexity index is 382. The summed E-state index contributed by atoms with van der Waals surface area (Å²) in [4.78, 5) is 11.9. The van der Waals surface area contributed by atoms with E-state index in [1.54, 1.807) is 6.20 Å². The molecule has 0 saturated heterocycles. The minimum absolute atomic E-state index is 0.00960. The lowest BCUT2D eigenvalue weighted by Crippen LogP contribution is -2.36. The molecule has 1 saturated carbocycles. The molecule has 1 aliphatic carbocycles. The fourth-order valence-electron chi connectivity index (χ4n) is 2.35. The zero-order valence-electron chi connectivity index (χ0n) is 10.6. The van der Waals surface area contributed by atoms with E-state index in [4.69, 9.17) is 5.73 Å². The van der Waals surface area contributed by atoms with E-state index in [0.717, 1.165) is 12.8 Å². The minimum Gasteiger partial charge on any atom is -0.352 e. The van der Waals surface area contributed by atoms with Gasteiger partial charge >= 0.3 is 0 Å². The normalized spacial score (nSPS) is 17.4. The van der Waals surface area contributed by atoms with E-state index in [2.05, 4.69) is 15.6 Å². The molecule has 1 fully saturated rings. The molecule has 6 nitrogen and oxygen atoms in total. The van der Waals surface area contributed by atoms with Crippen molar-refractivity contribution in [2.45, 2.75) is 57.7 Å². The van der Waals surface area contributed by atoms with Crippen molar-refractivity contribution < 1.29 is 4.79 Å². The highest BCUT2D eigenvalue weighted by molar-refractivity contribution is 5.75. The van der Waals surface area contributed by atoms with E-state index >= 15 is 0 Å². The molecule has 0 aromatic carbocycles. The van der Waals surface area contributed by atoms with Crippen LogP contribution in [0.15, 0.2) is 6.20 Å². The Balaban J connectivity index is 1.80. The van der Waals surface area contributed by atoms with Gasteiger partial charge in [0.1, 0.15) is 6.54 Å². The molecule has 0 radical (unpaired) electrons. The summed E-state index contributed by atoms with van der Waals surface area (Å²) >= 11 is 0. The summed E-state index contributed by atoms with van der Waals surface area (Å²) in [5.74, 6) is 0.00960. The third-order valence-corrected chi connectivity index (χ3v) is 3.32. The zero-order chi connectivity index (χ0) is 12.8. The number of aromatic nitrogens is 3. The van der Waals surface area contributed by atoms with Crippen molar-refractivity contribution in [3.05, 3.63) is 11.9 Å². The van der Waals surface area contributed by atoms with Gasteiger partial charge in [0.15, 0.2) is 0 Å². The van der Waals surface area contributed by atoms with Crippen molar-refractivity contribution in [1.29, 1.82) is 0 Å². The lowest BCUT2D eigenvalue weighted by molar-refractivity contribution is -0.122. The molecule has 1 aromatic heterocycles. The number of carbonyl (C=O) groups is 1. The van der Waals surface area contributed by atoms with Crippen LogP contribution in [-0.4, -0.2) is 26.9 Å². The summed E-state index contributed by atoms with van der Waals surface area (Å²) < 4.78 is 1.54. The number of nitrogens with zero attached hydrogens (tertiary/aromatic N) is 3. The van der Waals surface area contributed by atoms with Gasteiger partial charge < -0.3 is 11.1 Å². The Hall–Kier alpha value is -1.43. The van der Waals surface area contributed by atoms with Crippen LogP contribution < -0.4 is 11.1 Å². The van der Waals surface area contributed by atoms with E-state index < -0.39 is 0 Å². The van der Waals surface area contributed by atoms with E-state index in [0.29, 0.717) is 18.3 Å². The molecule has 6 heteroatoms. The largest absolute Gasteiger partial charge is 0.352 e. The first kappa shape index (κ1) is 13.0. The van der Waals surface area contributed by atoms with Gasteiger partial charge in [0, 0.05) is 12.6 Å². The SMILES string of the molecule is NCc1cn(CC(=O)NC2CCCCCC2)nn1. The molecular weight excluding hydrogens is 230 g/mol. The van der Waals surface area contributed by atoms with Crippen LogP contribution >= 0.6 is 0 Å². The fourth-order valence-corrected chi connectivity index (χ4v) is 2.35. The number of nitrogens with one attached hydrogen (secondary N) is 1. The Kier molecular flexibility index (Phi) is 4.69. The van der Waals surface area contributed by atoms with Gasteiger partial charge in [-0.15, -0.1) is 5.10 Å². The molecule has 2 rings (SSSR count). The van der Waals surface area contributed by atoms with Crippen molar-refractivity contribution in [2.75, 3.05) is 0 Å². The summed E-state index contributed by atoms with van der Waals surface area (Å²) in [6, 6.07) is 0.331. The maximum atomic E-state index is 11.9. The molecule has 1 aliphatic rings. The Morgan fingerprint density at radius 3 is 2.72 bits per heavy atom. The highest BCUT2D eigenvalue weighted by atomic mass is 16.2. The Morgan fingerprint density at radius 1 is 1.39 bits per heavy atom. The molecule has 0 unspecified atom stereocenters. The number of carbonyl (C=O) groups excluding carboxylic acids is 1. The minimum atomic E-state index is 0.00960. The van der Waals surface area contributed by atoms with Gasteiger partial charge in [0.05, 0.1) is 11.9 Å². The van der Waals surface area contributed by atoms with Crippen LogP contribution in [0.1, 0.15) is 44.2 Å². The predicted molar refractivity (Wildman–Crippen MR) is 67.5 cm³/mol. The highest BCUT2D eigenvalue weighted by Crippen LogP contribution is 2.17. The van der Waals surface area contributed by atoms with Crippen LogP contribution in [0.4, 0.5) is 0 Å². The molecular formula is C12H21N5O. The third kappa shape index (κ3) is 3.80. The van der Waals surface area contributed by atoms with Crippen molar-refractivity contribution in [3.63, 3.8) is 0 Å². The second kappa shape index (κ2) is 6.49. The monoisotopic (exact) mass is 251 g/mol. The Labute approximate surface area is 107 Å². The maximum Gasteiger partial charge on any atom is 0.242 e. The van der Waals surface area contributed by atoms with Gasteiger partial charge in [0.2, 0.25) is 5.91 Å². The summed E-state index contributed by atoms with van der Waals surface area (Å²) in [5.41, 5.74) is 6.15. The second-order valence-electron chi connectivity index (χ2n) is 4.87. The lowest BCUT2D eigenvalue weighted by atomic mass is 10.1. The van der Waals surface area contributed by atoms with Crippen LogP contribution in [0.5, 0.6) is 0 Å². The average Bonchev–Trinajstić information content (AvgIpc) is 2.65. The quantitative estimate of drug-likeness (QED) is 0.766. The van der Waals surface area contributed by atoms with Crippen molar-refractivity contribution in [1.82, 2.24) is 20.3 Å². The molecule has 1 heterocycles. The smallest absolute Gasteiger partial charge is 0.242 e. The predicted octanol–water partition coefficient (Wildman–Crippen LogP) is 0.576. The molecule has 3 N–H and O–H groups in total. The number of hydrogen-bond acceptors (Lipinski definition) is 4. The zero-order valence-corrected chi connectivity index (χ0v) is 10.6. The number of rotatable bonds is 4. The molecule has 1 amide bonds. The number of hydrogen-bond donors (Lipinski definition) is 2. The molecule has 18 heavy (non-hydrogen) atoms. The second-order valence-corrected chi connectivity index (χ2v) is 4.87. The summed E-state index contributed by atoms with van der Waals surface area (Å²) in [6.07, 6.45) is 8.91. The summed E-state index contributed by atoms with van der Waals surface area (Å²) in [7, 11) is 0. The standard InChI is InChI=1S/C12H21N5O/c13-7-11-8-17(16-15-11)9-12(18)14-10-5-3-1-2-4-6-10/h8,10H,1-7,9,13H2,(H,14,18). The number of amides is 1. The van der Waals surface area contributed by atoms with Gasteiger partial charge in [-0.1, -0.05) is 30.9 Å². The molecule has 0 atom stereocenters. The van der Waals surface area contributed by atoms with E-state index in [-0.39, 0.29) is 12.5 Å². The van der Waals surface area contributed by atoms with Gasteiger partial charge in [-0.05, 0) is 12.8 Å². The number of nitrogens with two attached hydrogens (primary N) is 1. The van der Waals surface area contributed by atoms with Crippen LogP contribution in [0.2, 0.25) is 0 Å². The highest BCUT2D eigenvalue weighted by Gasteiger charge is 2.15. The van der Waals surface area contributed by atoms with Crippen LogP contribution in [0.25, 0.3) is 0 Å². The summed E-state index contributed by atoms with van der Waals surface area (Å²) in [5, 5.41) is 10.8. The fraction of sp³-hybridized carbons (Fsp3) is 0.750. The van der Waals surface area contributed by atoms with E-state index in [1.165, 1.54) is 30.4 Å². The van der Waals surface area contributed by atoms with Gasteiger partial charge in [-0.2, -0.15) is 0 Å². The van der Waals surface area contributed by atoms with Crippen molar-refractivity contribution >= 4 is 5.91 Å². The van der Waals surface area contributed by atoms with Crippen LogP contribution in [0.3, 0.4) is 0 Å². The Morgan fingerprint density at radius 2 is 2.11 bits per heavy atom. The first-order valence-corrected chi connectivity index (χ1v) is 6.66. The van der Waals surface area contributed by atoms with Gasteiger partial charge in [-0.25, -0.2) is 4.68 Å². The van der Waals surface area contributed by atoms with Crippen LogP contribution in [-0.2, 0) is 17.9 Å².